The Labute approximate surface area is 175 Å². The van der Waals surface area contributed by atoms with E-state index in [1.54, 1.807) is 36.4 Å². The molecule has 0 unspecified atom stereocenters. The Bertz CT molecular complexity index is 1120. The summed E-state index contributed by atoms with van der Waals surface area (Å²) in [5.41, 5.74) is 0.793. The summed E-state index contributed by atoms with van der Waals surface area (Å²) in [6.45, 7) is 5.38. The van der Waals surface area contributed by atoms with E-state index >= 15 is 0 Å². The first kappa shape index (κ1) is 20.6. The molecule has 7 nitrogen and oxygen atoms in total. The van der Waals surface area contributed by atoms with Crippen LogP contribution < -0.4 is 0 Å². The van der Waals surface area contributed by atoms with Gasteiger partial charge < -0.3 is 9.42 Å². The van der Waals surface area contributed by atoms with Gasteiger partial charge in [-0.15, -0.1) is 0 Å². The van der Waals surface area contributed by atoms with Crippen LogP contribution in [0, 0.1) is 5.82 Å². The molecule has 2 heterocycles. The van der Waals surface area contributed by atoms with Crippen molar-refractivity contribution < 1.29 is 17.3 Å². The lowest BCUT2D eigenvalue weighted by atomic mass is 10.2. The van der Waals surface area contributed by atoms with Crippen LogP contribution in [0.15, 0.2) is 57.9 Å². The van der Waals surface area contributed by atoms with Crippen LogP contribution >= 0.6 is 0 Å². The van der Waals surface area contributed by atoms with Gasteiger partial charge in [0.05, 0.1) is 10.5 Å². The number of hydrogen-bond acceptors (Lipinski definition) is 6. The van der Waals surface area contributed by atoms with Crippen LogP contribution in [0.25, 0.3) is 22.8 Å². The number of rotatable bonds is 6. The molecule has 0 saturated carbocycles. The van der Waals surface area contributed by atoms with E-state index in [1.165, 1.54) is 16.4 Å². The first-order chi connectivity index (χ1) is 14.5. The predicted octanol–water partition coefficient (Wildman–Crippen LogP) is 3.26. The summed E-state index contributed by atoms with van der Waals surface area (Å²) in [5, 5.41) is 3.90. The van der Waals surface area contributed by atoms with Crippen LogP contribution in [0.5, 0.6) is 0 Å². The average Bonchev–Trinajstić information content (AvgIpc) is 3.25. The van der Waals surface area contributed by atoms with Gasteiger partial charge in [-0.2, -0.15) is 9.29 Å². The van der Waals surface area contributed by atoms with Gasteiger partial charge in [-0.1, -0.05) is 36.3 Å². The second kappa shape index (κ2) is 8.63. The molecule has 0 atom stereocenters. The molecular formula is C21H23FN4O3S. The van der Waals surface area contributed by atoms with Crippen molar-refractivity contribution in [1.82, 2.24) is 19.3 Å². The van der Waals surface area contributed by atoms with Crippen LogP contribution in [0.4, 0.5) is 4.39 Å². The summed E-state index contributed by atoms with van der Waals surface area (Å²) < 4.78 is 47.0. The molecule has 0 bridgehead atoms. The van der Waals surface area contributed by atoms with Gasteiger partial charge in [0.2, 0.25) is 15.8 Å². The van der Waals surface area contributed by atoms with E-state index in [0.717, 1.165) is 13.0 Å². The van der Waals surface area contributed by atoms with Crippen molar-refractivity contribution in [2.24, 2.45) is 0 Å². The zero-order chi connectivity index (χ0) is 21.1. The minimum absolute atomic E-state index is 0.0815. The highest BCUT2D eigenvalue weighted by molar-refractivity contribution is 7.89. The quantitative estimate of drug-likeness (QED) is 0.597. The summed E-state index contributed by atoms with van der Waals surface area (Å²) in [6.07, 6.45) is 1.04. The SMILES string of the molecule is CCCN1CCN(S(=O)(=O)c2ccccc2-c2nc(-c3cccc(F)c3)no2)CC1. The Morgan fingerprint density at radius 2 is 1.83 bits per heavy atom. The monoisotopic (exact) mass is 430 g/mol. The van der Waals surface area contributed by atoms with Gasteiger partial charge in [0.15, 0.2) is 0 Å². The Morgan fingerprint density at radius 1 is 1.07 bits per heavy atom. The van der Waals surface area contributed by atoms with Gasteiger partial charge in [0.25, 0.3) is 5.89 Å². The summed E-state index contributed by atoms with van der Waals surface area (Å²) in [5.74, 6) is -0.132. The van der Waals surface area contributed by atoms with Crippen LogP contribution in [-0.4, -0.2) is 60.5 Å². The number of halogens is 1. The third kappa shape index (κ3) is 4.14. The molecular weight excluding hydrogens is 407 g/mol. The largest absolute Gasteiger partial charge is 0.334 e. The first-order valence-electron chi connectivity index (χ1n) is 9.90. The smallest absolute Gasteiger partial charge is 0.259 e. The Hall–Kier alpha value is -2.62. The molecule has 0 N–H and O–H groups in total. The molecule has 1 saturated heterocycles. The fraction of sp³-hybridized carbons (Fsp3) is 0.333. The van der Waals surface area contributed by atoms with Crippen LogP contribution in [0.1, 0.15) is 13.3 Å². The molecule has 1 fully saturated rings. The summed E-state index contributed by atoms with van der Waals surface area (Å²) in [4.78, 5) is 6.71. The maximum absolute atomic E-state index is 13.5. The van der Waals surface area contributed by atoms with Crippen molar-refractivity contribution in [3.8, 4) is 22.8 Å². The highest BCUT2D eigenvalue weighted by Crippen LogP contribution is 2.30. The van der Waals surface area contributed by atoms with E-state index in [4.69, 9.17) is 4.52 Å². The fourth-order valence-electron chi connectivity index (χ4n) is 3.59. The second-order valence-corrected chi connectivity index (χ2v) is 9.08. The van der Waals surface area contributed by atoms with E-state index in [1.807, 2.05) is 0 Å². The molecule has 30 heavy (non-hydrogen) atoms. The minimum Gasteiger partial charge on any atom is -0.334 e. The lowest BCUT2D eigenvalue weighted by Gasteiger charge is -2.33. The number of piperazine rings is 1. The van der Waals surface area contributed by atoms with Crippen molar-refractivity contribution in [2.45, 2.75) is 18.2 Å². The molecule has 0 spiro atoms. The van der Waals surface area contributed by atoms with Gasteiger partial charge in [0, 0.05) is 31.7 Å². The molecule has 0 amide bonds. The van der Waals surface area contributed by atoms with Gasteiger partial charge in [0.1, 0.15) is 5.82 Å². The Balaban J connectivity index is 1.64. The topological polar surface area (TPSA) is 79.5 Å². The lowest BCUT2D eigenvalue weighted by Crippen LogP contribution is -2.48. The lowest BCUT2D eigenvalue weighted by molar-refractivity contribution is 0.188. The summed E-state index contributed by atoms with van der Waals surface area (Å²) in [6, 6.07) is 12.4. The third-order valence-electron chi connectivity index (χ3n) is 5.12. The number of sulfonamides is 1. The third-order valence-corrected chi connectivity index (χ3v) is 7.07. The van der Waals surface area contributed by atoms with E-state index in [0.29, 0.717) is 37.3 Å². The molecule has 4 rings (SSSR count). The number of benzene rings is 2. The minimum atomic E-state index is -3.72. The molecule has 3 aromatic rings. The molecule has 1 aliphatic rings. The van der Waals surface area contributed by atoms with E-state index in [-0.39, 0.29) is 16.6 Å². The maximum atomic E-state index is 13.5. The van der Waals surface area contributed by atoms with Crippen molar-refractivity contribution in [2.75, 3.05) is 32.7 Å². The zero-order valence-corrected chi connectivity index (χ0v) is 17.5. The van der Waals surface area contributed by atoms with Crippen LogP contribution in [-0.2, 0) is 10.0 Å². The van der Waals surface area contributed by atoms with E-state index in [9.17, 15) is 12.8 Å². The van der Waals surface area contributed by atoms with Gasteiger partial charge in [-0.25, -0.2) is 12.8 Å². The van der Waals surface area contributed by atoms with Gasteiger partial charge in [-0.3, -0.25) is 0 Å². The highest BCUT2D eigenvalue weighted by atomic mass is 32.2. The van der Waals surface area contributed by atoms with E-state index < -0.39 is 15.8 Å². The fourth-order valence-corrected chi connectivity index (χ4v) is 5.20. The average molecular weight is 431 g/mol. The molecule has 0 aliphatic carbocycles. The van der Waals surface area contributed by atoms with Crippen molar-refractivity contribution >= 4 is 10.0 Å². The van der Waals surface area contributed by atoms with E-state index in [2.05, 4.69) is 22.0 Å². The summed E-state index contributed by atoms with van der Waals surface area (Å²) in [7, 11) is -3.72. The van der Waals surface area contributed by atoms with Crippen molar-refractivity contribution in [3.63, 3.8) is 0 Å². The summed E-state index contributed by atoms with van der Waals surface area (Å²) >= 11 is 0. The molecule has 1 aromatic heterocycles. The molecule has 2 aromatic carbocycles. The maximum Gasteiger partial charge on any atom is 0.259 e. The molecule has 0 radical (unpaired) electrons. The zero-order valence-electron chi connectivity index (χ0n) is 16.7. The second-order valence-electron chi connectivity index (χ2n) is 7.18. The number of hydrogen-bond donors (Lipinski definition) is 0. The predicted molar refractivity (Wildman–Crippen MR) is 111 cm³/mol. The number of aromatic nitrogens is 2. The van der Waals surface area contributed by atoms with Crippen LogP contribution in [0.2, 0.25) is 0 Å². The van der Waals surface area contributed by atoms with Crippen molar-refractivity contribution in [3.05, 3.63) is 54.3 Å². The molecule has 158 valence electrons. The first-order valence-corrected chi connectivity index (χ1v) is 11.3. The number of nitrogens with zero attached hydrogens (tertiary/aromatic N) is 4. The normalized spacial score (nSPS) is 16.1. The van der Waals surface area contributed by atoms with Gasteiger partial charge in [-0.05, 0) is 37.2 Å². The van der Waals surface area contributed by atoms with Crippen LogP contribution in [0.3, 0.4) is 0 Å². The highest BCUT2D eigenvalue weighted by Gasteiger charge is 2.31. The molecule has 9 heteroatoms. The van der Waals surface area contributed by atoms with Crippen molar-refractivity contribution in [1.29, 1.82) is 0 Å². The Morgan fingerprint density at radius 3 is 2.57 bits per heavy atom. The molecule has 1 aliphatic heterocycles. The Kier molecular flexibility index (Phi) is 5.94. The standard InChI is InChI=1S/C21H23FN4O3S/c1-2-10-25-11-13-26(14-12-25)30(27,28)19-9-4-3-8-18(19)21-23-20(24-29-21)16-6-5-7-17(22)15-16/h3-9,15H,2,10-14H2,1H3. The van der Waals surface area contributed by atoms with Gasteiger partial charge >= 0.3 is 0 Å².